The van der Waals surface area contributed by atoms with E-state index >= 15 is 0 Å². The van der Waals surface area contributed by atoms with Gasteiger partial charge in [-0.15, -0.1) is 0 Å². The molecule has 180 valence electrons. The van der Waals surface area contributed by atoms with Gasteiger partial charge in [-0.05, 0) is 13.5 Å². The highest BCUT2D eigenvalue weighted by atomic mass is 19.4. The Hall–Kier alpha value is -2.67. The largest absolute Gasteiger partial charge is 0.435 e. The molecule has 0 unspecified atom stereocenters. The van der Waals surface area contributed by atoms with E-state index in [0.29, 0.717) is 44.1 Å². The molecule has 0 aromatic carbocycles. The molecule has 0 aliphatic carbocycles. The lowest BCUT2D eigenvalue weighted by Crippen LogP contribution is -2.45. The molecule has 0 bridgehead atoms. The number of hydrogen-bond donors (Lipinski definition) is 3. The molecule has 1 aliphatic rings. The highest BCUT2D eigenvalue weighted by Gasteiger charge is 2.38. The van der Waals surface area contributed by atoms with Crippen LogP contribution in [-0.2, 0) is 15.8 Å². The molecule has 1 aromatic rings. The average molecular weight is 461 g/mol. The molecule has 2 heterocycles. The van der Waals surface area contributed by atoms with E-state index in [4.69, 9.17) is 0 Å². The topological polar surface area (TPSA) is 114 Å². The molecule has 3 N–H and O–H groups in total. The Morgan fingerprint density at radius 3 is 2.59 bits per heavy atom. The number of rotatable bonds is 11. The predicted octanol–water partition coefficient (Wildman–Crippen LogP) is 1.73. The van der Waals surface area contributed by atoms with E-state index in [9.17, 15) is 28.0 Å². The summed E-state index contributed by atoms with van der Waals surface area (Å²) in [7, 11) is 1.90. The van der Waals surface area contributed by atoms with Crippen LogP contribution in [0.15, 0.2) is 6.20 Å². The maximum atomic E-state index is 13.6. The number of anilines is 2. The highest BCUT2D eigenvalue weighted by Crippen LogP contribution is 2.35. The van der Waals surface area contributed by atoms with Gasteiger partial charge >= 0.3 is 6.18 Å². The zero-order chi connectivity index (χ0) is 23.7. The molecule has 2 amide bonds. The number of likely N-dealkylation sites (N-methyl/N-ethyl adjacent to an activating group) is 1. The van der Waals surface area contributed by atoms with Crippen molar-refractivity contribution >= 4 is 24.0 Å². The average Bonchev–Trinajstić information content (AvgIpc) is 2.76. The zero-order valence-corrected chi connectivity index (χ0v) is 18.2. The van der Waals surface area contributed by atoms with Gasteiger partial charge in [0.05, 0.1) is 24.3 Å². The Labute approximate surface area is 184 Å². The molecule has 1 aromatic heterocycles. The molecule has 1 saturated heterocycles. The summed E-state index contributed by atoms with van der Waals surface area (Å²) in [6.07, 6.45) is -0.572. The number of alkyl halides is 3. The highest BCUT2D eigenvalue weighted by molar-refractivity contribution is 5.80. The van der Waals surface area contributed by atoms with E-state index in [-0.39, 0.29) is 18.6 Å². The minimum Gasteiger partial charge on any atom is -0.366 e. The van der Waals surface area contributed by atoms with E-state index in [2.05, 4.69) is 20.8 Å². The van der Waals surface area contributed by atoms with Gasteiger partial charge in [0, 0.05) is 26.2 Å². The fourth-order valence-electron chi connectivity index (χ4n) is 3.36. The molecule has 32 heavy (non-hydrogen) atoms. The molecule has 2 rings (SSSR count). The van der Waals surface area contributed by atoms with Crippen molar-refractivity contribution in [1.82, 2.24) is 25.4 Å². The number of unbranched alkanes of at least 4 members (excludes halogenated alkanes) is 2. The number of carbonyl (C=O) groups is 2. The first-order valence-corrected chi connectivity index (χ1v) is 10.5. The van der Waals surface area contributed by atoms with Gasteiger partial charge in [0.25, 0.3) is 0 Å². The van der Waals surface area contributed by atoms with E-state index in [1.54, 1.807) is 4.90 Å². The monoisotopic (exact) mass is 461 g/mol. The quantitative estimate of drug-likeness (QED) is 0.198. The van der Waals surface area contributed by atoms with Gasteiger partial charge < -0.3 is 9.80 Å². The van der Waals surface area contributed by atoms with Crippen LogP contribution in [-0.4, -0.2) is 77.2 Å². The molecule has 10 nitrogen and oxygen atoms in total. The van der Waals surface area contributed by atoms with Gasteiger partial charge in [-0.25, -0.2) is 15.0 Å². The van der Waals surface area contributed by atoms with Crippen LogP contribution in [0.1, 0.15) is 38.3 Å². The molecule has 0 spiro atoms. The van der Waals surface area contributed by atoms with Crippen LogP contribution < -0.4 is 15.8 Å². The normalized spacial score (nSPS) is 15.9. The Bertz CT molecular complexity index is 758. The van der Waals surface area contributed by atoms with Crippen LogP contribution in [0.3, 0.4) is 0 Å². The maximum absolute atomic E-state index is 13.6. The molecule has 1 fully saturated rings. The second kappa shape index (κ2) is 11.8. The first-order valence-electron chi connectivity index (χ1n) is 10.5. The van der Waals surface area contributed by atoms with Crippen LogP contribution in [0.5, 0.6) is 0 Å². The third-order valence-corrected chi connectivity index (χ3v) is 5.24. The van der Waals surface area contributed by atoms with Gasteiger partial charge in [-0.2, -0.15) is 13.2 Å². The van der Waals surface area contributed by atoms with Crippen molar-refractivity contribution in [2.45, 2.75) is 38.8 Å². The van der Waals surface area contributed by atoms with Gasteiger partial charge in [0.2, 0.25) is 18.3 Å². The first-order chi connectivity index (χ1) is 15.2. The van der Waals surface area contributed by atoms with Gasteiger partial charge in [0.15, 0.2) is 5.69 Å². The van der Waals surface area contributed by atoms with Crippen LogP contribution in [0, 0.1) is 5.92 Å². The molecule has 1 atom stereocenters. The van der Waals surface area contributed by atoms with Crippen LogP contribution >= 0.6 is 0 Å². The lowest BCUT2D eigenvalue weighted by Gasteiger charge is -2.34. The molecular formula is C19H30F3N7O3. The second-order valence-electron chi connectivity index (χ2n) is 7.75. The number of piperazine rings is 1. The molecular weight excluding hydrogens is 431 g/mol. The van der Waals surface area contributed by atoms with E-state index < -0.39 is 29.6 Å². The molecule has 13 heteroatoms. The summed E-state index contributed by atoms with van der Waals surface area (Å²) in [4.78, 5) is 34.3. The fraction of sp³-hybridized carbons (Fsp3) is 0.684. The number of hydrogen-bond acceptors (Lipinski definition) is 8. The Kier molecular flexibility index (Phi) is 9.44. The summed E-state index contributed by atoms with van der Waals surface area (Å²) in [5, 5.41) is 9.78. The number of nitrogens with one attached hydrogen (secondary N) is 2. The van der Waals surface area contributed by atoms with Crippen molar-refractivity contribution in [2.75, 3.05) is 50.1 Å². The predicted molar refractivity (Wildman–Crippen MR) is 111 cm³/mol. The minimum absolute atomic E-state index is 0.109. The summed E-state index contributed by atoms with van der Waals surface area (Å²) in [5.41, 5.74) is 3.41. The summed E-state index contributed by atoms with van der Waals surface area (Å²) >= 11 is 0. The lowest BCUT2D eigenvalue weighted by molar-refractivity contribution is -0.154. The van der Waals surface area contributed by atoms with Crippen molar-refractivity contribution in [3.05, 3.63) is 11.9 Å². The molecule has 0 radical (unpaired) electrons. The number of hydrazine groups is 1. The zero-order valence-electron chi connectivity index (χ0n) is 18.2. The van der Waals surface area contributed by atoms with E-state index in [1.807, 2.05) is 18.9 Å². The number of amides is 2. The van der Waals surface area contributed by atoms with Crippen LogP contribution in [0.4, 0.5) is 24.8 Å². The number of halogens is 3. The van der Waals surface area contributed by atoms with Crippen LogP contribution in [0.25, 0.3) is 0 Å². The van der Waals surface area contributed by atoms with Crippen molar-refractivity contribution in [1.29, 1.82) is 0 Å². The van der Waals surface area contributed by atoms with Crippen molar-refractivity contribution in [3.63, 3.8) is 0 Å². The van der Waals surface area contributed by atoms with Crippen molar-refractivity contribution in [3.8, 4) is 0 Å². The van der Waals surface area contributed by atoms with E-state index in [1.165, 1.54) is 0 Å². The molecule has 1 aliphatic heterocycles. The Morgan fingerprint density at radius 2 is 2.00 bits per heavy atom. The number of aromatic nitrogens is 2. The van der Waals surface area contributed by atoms with Crippen molar-refractivity contribution < 1.29 is 28.0 Å². The van der Waals surface area contributed by atoms with E-state index in [0.717, 1.165) is 19.0 Å². The fourth-order valence-corrected chi connectivity index (χ4v) is 3.36. The number of hydroxylamine groups is 2. The second-order valence-corrected chi connectivity index (χ2v) is 7.75. The first kappa shape index (κ1) is 25.6. The Balaban J connectivity index is 2.10. The smallest absolute Gasteiger partial charge is 0.366 e. The van der Waals surface area contributed by atoms with Gasteiger partial charge in [0.1, 0.15) is 0 Å². The Morgan fingerprint density at radius 1 is 1.31 bits per heavy atom. The summed E-state index contributed by atoms with van der Waals surface area (Å²) < 4.78 is 40.9. The summed E-state index contributed by atoms with van der Waals surface area (Å²) in [6.45, 7) is 3.82. The number of carbonyl (C=O) groups excluding carboxylic acids is 2. The van der Waals surface area contributed by atoms with Crippen LogP contribution in [0.2, 0.25) is 0 Å². The third-order valence-electron chi connectivity index (χ3n) is 5.24. The molecule has 0 saturated carbocycles. The number of nitrogens with zero attached hydrogens (tertiary/aromatic N) is 5. The maximum Gasteiger partial charge on any atom is 0.435 e. The van der Waals surface area contributed by atoms with Gasteiger partial charge in [-0.3, -0.25) is 25.6 Å². The third kappa shape index (κ3) is 7.48. The summed E-state index contributed by atoms with van der Waals surface area (Å²) in [5.74, 6) is -1.76. The standard InChI is InChI=1S/C19H30F3N7O3/c1-3-4-5-6-14(12-29(32)13-30)17(31)25-26-18-23-11-15(16(24-18)19(20,21)22)28-9-7-27(2)8-10-28/h11,13-14,32H,3-10,12H2,1-2H3,(H,25,31)(H,23,24,26)/t14-/m1/s1. The SMILES string of the molecule is CCCCC[C@H](CN(O)C=O)C(=O)NNc1ncc(N2CCN(C)CC2)c(C(F)(F)F)n1. The lowest BCUT2D eigenvalue weighted by atomic mass is 10.0. The van der Waals surface area contributed by atoms with Crippen molar-refractivity contribution in [2.24, 2.45) is 5.92 Å². The summed E-state index contributed by atoms with van der Waals surface area (Å²) in [6, 6.07) is 0. The minimum atomic E-state index is -4.70. The van der Waals surface area contributed by atoms with Gasteiger partial charge in [-0.1, -0.05) is 26.2 Å².